The van der Waals surface area contributed by atoms with E-state index in [1.807, 2.05) is 6.08 Å². The van der Waals surface area contributed by atoms with Crippen LogP contribution in [0, 0.1) is 0 Å². The van der Waals surface area contributed by atoms with E-state index in [4.69, 9.17) is 16.7 Å². The van der Waals surface area contributed by atoms with Crippen LogP contribution in [0.3, 0.4) is 0 Å². The zero-order chi connectivity index (χ0) is 17.6. The summed E-state index contributed by atoms with van der Waals surface area (Å²) < 4.78 is 1.66. The lowest BCUT2D eigenvalue weighted by molar-refractivity contribution is 0.0697. The number of aromatic nitrogens is 2. The highest BCUT2D eigenvalue weighted by molar-refractivity contribution is 6.31. The monoisotopic (exact) mass is 352 g/mol. The largest absolute Gasteiger partial charge is 0.478 e. The van der Waals surface area contributed by atoms with Gasteiger partial charge >= 0.3 is 5.97 Å². The van der Waals surface area contributed by atoms with Gasteiger partial charge in [0, 0.05) is 11.6 Å². The minimum absolute atomic E-state index is 0.0906. The van der Waals surface area contributed by atoms with E-state index in [0.29, 0.717) is 34.7 Å². The Balaban J connectivity index is 1.81. The first-order valence-corrected chi connectivity index (χ1v) is 8.15. The second-order valence-electron chi connectivity index (χ2n) is 5.90. The molecule has 1 aromatic heterocycles. The molecule has 5 nitrogen and oxygen atoms in total. The molecule has 0 saturated carbocycles. The Morgan fingerprint density at radius 1 is 1.20 bits per heavy atom. The van der Waals surface area contributed by atoms with E-state index >= 15 is 0 Å². The fourth-order valence-electron chi connectivity index (χ4n) is 3.05. The van der Waals surface area contributed by atoms with Crippen molar-refractivity contribution in [1.82, 2.24) is 9.55 Å². The number of carbonyl (C=O) groups is 1. The first-order valence-electron chi connectivity index (χ1n) is 7.77. The molecule has 6 heteroatoms. The van der Waals surface area contributed by atoms with Crippen LogP contribution in [-0.4, -0.2) is 20.6 Å². The summed E-state index contributed by atoms with van der Waals surface area (Å²) in [5.41, 5.74) is 2.60. The topological polar surface area (TPSA) is 72.2 Å². The van der Waals surface area contributed by atoms with E-state index in [0.717, 1.165) is 11.1 Å². The van der Waals surface area contributed by atoms with Crippen LogP contribution in [0.1, 0.15) is 28.2 Å². The van der Waals surface area contributed by atoms with Crippen LogP contribution in [0.25, 0.3) is 22.6 Å². The van der Waals surface area contributed by atoms with Crippen LogP contribution in [0.15, 0.2) is 47.3 Å². The summed E-state index contributed by atoms with van der Waals surface area (Å²) in [5.74, 6) is -0.300. The number of carboxylic acid groups (broad SMARTS) is 1. The molecule has 0 bridgehead atoms. The van der Waals surface area contributed by atoms with Crippen LogP contribution in [0.5, 0.6) is 0 Å². The van der Waals surface area contributed by atoms with Crippen molar-refractivity contribution in [1.29, 1.82) is 0 Å². The lowest BCUT2D eigenvalue weighted by Gasteiger charge is -2.06. The molecule has 0 spiro atoms. The van der Waals surface area contributed by atoms with Crippen molar-refractivity contribution in [3.05, 3.63) is 74.8 Å². The molecule has 0 unspecified atom stereocenters. The van der Waals surface area contributed by atoms with Gasteiger partial charge in [0.05, 0.1) is 16.5 Å². The van der Waals surface area contributed by atoms with Gasteiger partial charge in [-0.25, -0.2) is 9.78 Å². The maximum atomic E-state index is 12.7. The summed E-state index contributed by atoms with van der Waals surface area (Å²) in [6.45, 7) is 0.572. The van der Waals surface area contributed by atoms with Crippen molar-refractivity contribution in [2.24, 2.45) is 0 Å². The number of hydrogen-bond donors (Lipinski definition) is 1. The number of fused-ring (bicyclic) bond motifs is 2. The molecular formula is C19H13ClN2O3. The van der Waals surface area contributed by atoms with E-state index in [2.05, 4.69) is 4.98 Å². The van der Waals surface area contributed by atoms with Gasteiger partial charge in [-0.05, 0) is 54.0 Å². The van der Waals surface area contributed by atoms with Crippen molar-refractivity contribution < 1.29 is 9.90 Å². The summed E-state index contributed by atoms with van der Waals surface area (Å²) in [7, 11) is 0. The Bertz CT molecular complexity index is 1100. The van der Waals surface area contributed by atoms with Crippen LogP contribution in [-0.2, 0) is 6.54 Å². The molecule has 0 amide bonds. The smallest absolute Gasteiger partial charge is 0.335 e. The van der Waals surface area contributed by atoms with E-state index < -0.39 is 5.97 Å². The van der Waals surface area contributed by atoms with Gasteiger partial charge in [0.15, 0.2) is 0 Å². The molecule has 3 aromatic rings. The molecule has 1 aliphatic rings. The number of hydrogen-bond acceptors (Lipinski definition) is 3. The summed E-state index contributed by atoms with van der Waals surface area (Å²) in [4.78, 5) is 28.2. The third kappa shape index (κ3) is 2.72. The molecule has 1 aliphatic heterocycles. The zero-order valence-electron chi connectivity index (χ0n) is 13.1. The van der Waals surface area contributed by atoms with E-state index in [9.17, 15) is 9.59 Å². The maximum Gasteiger partial charge on any atom is 0.335 e. The second kappa shape index (κ2) is 5.86. The molecule has 0 atom stereocenters. The maximum absolute atomic E-state index is 12.7. The van der Waals surface area contributed by atoms with Crippen LogP contribution in [0.2, 0.25) is 5.02 Å². The van der Waals surface area contributed by atoms with E-state index in [1.165, 1.54) is 0 Å². The zero-order valence-corrected chi connectivity index (χ0v) is 13.8. The molecule has 124 valence electrons. The first kappa shape index (κ1) is 15.6. The average molecular weight is 353 g/mol. The van der Waals surface area contributed by atoms with Crippen LogP contribution >= 0.6 is 11.6 Å². The highest BCUT2D eigenvalue weighted by Crippen LogP contribution is 2.28. The van der Waals surface area contributed by atoms with Gasteiger partial charge in [-0.3, -0.25) is 9.36 Å². The number of benzene rings is 2. The normalized spacial score (nSPS) is 14.8. The number of rotatable bonds is 2. The van der Waals surface area contributed by atoms with Crippen molar-refractivity contribution in [2.75, 3.05) is 0 Å². The van der Waals surface area contributed by atoms with Crippen molar-refractivity contribution >= 4 is 40.1 Å². The fraction of sp³-hybridized carbons (Fsp3) is 0.105. The molecule has 2 aromatic carbocycles. The number of allylic oxidation sites excluding steroid dienone is 1. The lowest BCUT2D eigenvalue weighted by atomic mass is 10.1. The number of carboxylic acids is 1. The molecule has 0 fully saturated rings. The molecular weight excluding hydrogens is 340 g/mol. The Labute approximate surface area is 147 Å². The standard InChI is InChI=1S/C19H13ClN2O3/c20-14-5-6-16-15(10-14)18(23)22-8-7-13(17(22)21-16)9-11-1-3-12(4-2-11)19(24)25/h1-6,9-10H,7-8H2,(H,24,25). The molecule has 2 heterocycles. The van der Waals surface area contributed by atoms with E-state index in [-0.39, 0.29) is 11.1 Å². The summed E-state index contributed by atoms with van der Waals surface area (Å²) in [6.07, 6.45) is 2.64. The quantitative estimate of drug-likeness (QED) is 0.763. The predicted molar refractivity (Wildman–Crippen MR) is 96.9 cm³/mol. The van der Waals surface area contributed by atoms with Gasteiger partial charge in [-0.2, -0.15) is 0 Å². The highest BCUT2D eigenvalue weighted by Gasteiger charge is 2.21. The fourth-order valence-corrected chi connectivity index (χ4v) is 3.22. The number of aromatic carboxylic acids is 1. The predicted octanol–water partition coefficient (Wildman–Crippen LogP) is 3.69. The summed E-state index contributed by atoms with van der Waals surface area (Å²) in [5, 5.41) is 10.00. The SMILES string of the molecule is O=C(O)c1ccc(C=C2CCn3c2nc2ccc(Cl)cc2c3=O)cc1. The lowest BCUT2D eigenvalue weighted by Crippen LogP contribution is -2.20. The van der Waals surface area contributed by atoms with Crippen LogP contribution < -0.4 is 5.56 Å². The Morgan fingerprint density at radius 2 is 1.96 bits per heavy atom. The van der Waals surface area contributed by atoms with Gasteiger partial charge in [-0.1, -0.05) is 23.7 Å². The average Bonchev–Trinajstić information content (AvgIpc) is 2.99. The molecule has 1 N–H and O–H groups in total. The van der Waals surface area contributed by atoms with Gasteiger partial charge in [-0.15, -0.1) is 0 Å². The first-order chi connectivity index (χ1) is 12.0. The van der Waals surface area contributed by atoms with Gasteiger partial charge < -0.3 is 5.11 Å². The van der Waals surface area contributed by atoms with Gasteiger partial charge in [0.2, 0.25) is 0 Å². The Hall–Kier alpha value is -2.92. The third-order valence-electron chi connectivity index (χ3n) is 4.31. The number of nitrogens with zero attached hydrogens (tertiary/aromatic N) is 2. The summed E-state index contributed by atoms with van der Waals surface area (Å²) >= 11 is 5.98. The Kier molecular flexibility index (Phi) is 3.66. The van der Waals surface area contributed by atoms with Crippen molar-refractivity contribution in [3.8, 4) is 0 Å². The minimum Gasteiger partial charge on any atom is -0.478 e. The minimum atomic E-state index is -0.955. The van der Waals surface area contributed by atoms with Gasteiger partial charge in [0.1, 0.15) is 5.82 Å². The second-order valence-corrected chi connectivity index (χ2v) is 6.34. The van der Waals surface area contributed by atoms with Crippen molar-refractivity contribution in [3.63, 3.8) is 0 Å². The molecule has 4 rings (SSSR count). The van der Waals surface area contributed by atoms with Crippen LogP contribution in [0.4, 0.5) is 0 Å². The molecule has 0 radical (unpaired) electrons. The highest BCUT2D eigenvalue weighted by atomic mass is 35.5. The molecule has 0 saturated heterocycles. The molecule has 0 aliphatic carbocycles. The summed E-state index contributed by atoms with van der Waals surface area (Å²) in [6, 6.07) is 11.7. The third-order valence-corrected chi connectivity index (χ3v) is 4.54. The van der Waals surface area contributed by atoms with Crippen molar-refractivity contribution in [2.45, 2.75) is 13.0 Å². The van der Waals surface area contributed by atoms with E-state index in [1.54, 1.807) is 47.0 Å². The number of halogens is 1. The molecule has 25 heavy (non-hydrogen) atoms. The Morgan fingerprint density at radius 3 is 2.68 bits per heavy atom. The van der Waals surface area contributed by atoms with Gasteiger partial charge in [0.25, 0.3) is 5.56 Å².